The van der Waals surface area contributed by atoms with Crippen LogP contribution in [-0.4, -0.2) is 27.1 Å². The molecule has 2 heterocycles. The molecular formula is C26H27FN4O2S. The normalized spacial score (nSPS) is 11.9. The summed E-state index contributed by atoms with van der Waals surface area (Å²) in [5.41, 5.74) is 4.17. The molecule has 0 spiro atoms. The predicted octanol–water partition coefficient (Wildman–Crippen LogP) is 5.87. The van der Waals surface area contributed by atoms with Gasteiger partial charge in [-0.15, -0.1) is 11.3 Å². The number of halogens is 1. The molecule has 0 aliphatic heterocycles. The van der Waals surface area contributed by atoms with Gasteiger partial charge in [0.15, 0.2) is 5.95 Å². The van der Waals surface area contributed by atoms with E-state index in [-0.39, 0.29) is 5.82 Å². The summed E-state index contributed by atoms with van der Waals surface area (Å²) in [4.78, 5) is 21.5. The van der Waals surface area contributed by atoms with Crippen LogP contribution in [-0.2, 0) is 24.2 Å². The number of H-pyrrole nitrogens is 1. The average Bonchev–Trinajstić information content (AvgIpc) is 3.51. The van der Waals surface area contributed by atoms with Gasteiger partial charge in [-0.25, -0.2) is 14.2 Å². The SMILES string of the molecule is CCc1cc(F)cc(C)c1NC(Cc1ccc(-c2ccc(CNc3ncc[nH]3)s2)cc1)C(=O)O. The van der Waals surface area contributed by atoms with Crippen molar-refractivity contribution in [2.24, 2.45) is 0 Å². The summed E-state index contributed by atoms with van der Waals surface area (Å²) in [5.74, 6) is -0.513. The van der Waals surface area contributed by atoms with Crippen LogP contribution in [0.3, 0.4) is 0 Å². The molecule has 2 aromatic heterocycles. The number of carboxylic acids is 1. The number of aromatic amines is 1. The van der Waals surface area contributed by atoms with Gasteiger partial charge in [-0.2, -0.15) is 0 Å². The number of carbonyl (C=O) groups is 1. The zero-order valence-electron chi connectivity index (χ0n) is 19.1. The highest BCUT2D eigenvalue weighted by Gasteiger charge is 2.20. The van der Waals surface area contributed by atoms with E-state index in [9.17, 15) is 14.3 Å². The number of hydrogen-bond acceptors (Lipinski definition) is 5. The fourth-order valence-electron chi connectivity index (χ4n) is 3.87. The Hall–Kier alpha value is -3.65. The molecule has 0 saturated heterocycles. The van der Waals surface area contributed by atoms with Crippen molar-refractivity contribution in [3.63, 3.8) is 0 Å². The van der Waals surface area contributed by atoms with Crippen LogP contribution in [0.2, 0.25) is 0 Å². The molecule has 0 aliphatic carbocycles. The molecule has 1 unspecified atom stereocenters. The van der Waals surface area contributed by atoms with Crippen LogP contribution < -0.4 is 10.6 Å². The van der Waals surface area contributed by atoms with Crippen LogP contribution in [0.4, 0.5) is 16.0 Å². The molecule has 34 heavy (non-hydrogen) atoms. The van der Waals surface area contributed by atoms with E-state index in [4.69, 9.17) is 0 Å². The minimum Gasteiger partial charge on any atom is -0.480 e. The fraction of sp³-hybridized carbons (Fsp3) is 0.231. The molecule has 176 valence electrons. The molecule has 0 saturated carbocycles. The van der Waals surface area contributed by atoms with E-state index in [0.717, 1.165) is 27.5 Å². The maximum atomic E-state index is 13.8. The summed E-state index contributed by atoms with van der Waals surface area (Å²) in [6.07, 6.45) is 4.41. The predicted molar refractivity (Wildman–Crippen MR) is 135 cm³/mol. The van der Waals surface area contributed by atoms with Crippen molar-refractivity contribution in [2.75, 3.05) is 10.6 Å². The summed E-state index contributed by atoms with van der Waals surface area (Å²) < 4.78 is 13.8. The van der Waals surface area contributed by atoms with E-state index in [1.54, 1.807) is 30.7 Å². The molecule has 0 amide bonds. The lowest BCUT2D eigenvalue weighted by Gasteiger charge is -2.20. The third-order valence-corrected chi connectivity index (χ3v) is 6.78. The minimum absolute atomic E-state index is 0.309. The van der Waals surface area contributed by atoms with Crippen molar-refractivity contribution in [1.82, 2.24) is 9.97 Å². The molecular weight excluding hydrogens is 451 g/mol. The first kappa shape index (κ1) is 23.5. The summed E-state index contributed by atoms with van der Waals surface area (Å²) in [7, 11) is 0. The smallest absolute Gasteiger partial charge is 0.326 e. The van der Waals surface area contributed by atoms with E-state index < -0.39 is 12.0 Å². The molecule has 4 N–H and O–H groups in total. The van der Waals surface area contributed by atoms with Gasteiger partial charge >= 0.3 is 5.97 Å². The largest absolute Gasteiger partial charge is 0.480 e. The Labute approximate surface area is 201 Å². The lowest BCUT2D eigenvalue weighted by molar-refractivity contribution is -0.137. The van der Waals surface area contributed by atoms with Gasteiger partial charge in [-0.05, 0) is 59.9 Å². The lowest BCUT2D eigenvalue weighted by Crippen LogP contribution is -2.32. The van der Waals surface area contributed by atoms with Crippen LogP contribution in [0.15, 0.2) is 60.9 Å². The zero-order chi connectivity index (χ0) is 24.1. The maximum Gasteiger partial charge on any atom is 0.326 e. The van der Waals surface area contributed by atoms with Crippen molar-refractivity contribution in [3.05, 3.63) is 88.3 Å². The Morgan fingerprint density at radius 3 is 2.68 bits per heavy atom. The van der Waals surface area contributed by atoms with Gasteiger partial charge in [0.05, 0.1) is 6.54 Å². The van der Waals surface area contributed by atoms with E-state index >= 15 is 0 Å². The molecule has 1 atom stereocenters. The van der Waals surface area contributed by atoms with Crippen LogP contribution in [0.25, 0.3) is 10.4 Å². The van der Waals surface area contributed by atoms with Gasteiger partial charge in [-0.3, -0.25) is 0 Å². The number of benzene rings is 2. The summed E-state index contributed by atoms with van der Waals surface area (Å²) in [6.45, 7) is 4.40. The number of thiophene rings is 1. The van der Waals surface area contributed by atoms with E-state index in [0.29, 0.717) is 30.6 Å². The Morgan fingerprint density at radius 2 is 2.00 bits per heavy atom. The van der Waals surface area contributed by atoms with Gasteiger partial charge in [-0.1, -0.05) is 31.2 Å². The molecule has 0 fully saturated rings. The zero-order valence-corrected chi connectivity index (χ0v) is 19.9. The first-order valence-electron chi connectivity index (χ1n) is 11.1. The highest BCUT2D eigenvalue weighted by Crippen LogP contribution is 2.29. The van der Waals surface area contributed by atoms with Crippen LogP contribution >= 0.6 is 11.3 Å². The number of aromatic nitrogens is 2. The first-order valence-corrected chi connectivity index (χ1v) is 11.9. The number of imidazole rings is 1. The maximum absolute atomic E-state index is 13.8. The summed E-state index contributed by atoms with van der Waals surface area (Å²) in [5, 5.41) is 16.2. The highest BCUT2D eigenvalue weighted by atomic mass is 32.1. The quantitative estimate of drug-likeness (QED) is 0.229. The molecule has 0 radical (unpaired) electrons. The number of anilines is 2. The molecule has 4 rings (SSSR count). The summed E-state index contributed by atoms with van der Waals surface area (Å²) in [6, 6.07) is 14.2. The summed E-state index contributed by atoms with van der Waals surface area (Å²) >= 11 is 1.70. The van der Waals surface area contributed by atoms with Crippen molar-refractivity contribution >= 4 is 28.9 Å². The average molecular weight is 479 g/mol. The number of hydrogen-bond donors (Lipinski definition) is 4. The molecule has 2 aromatic carbocycles. The number of carboxylic acid groups (broad SMARTS) is 1. The molecule has 4 aromatic rings. The molecule has 0 bridgehead atoms. The van der Waals surface area contributed by atoms with E-state index in [2.05, 4.69) is 32.7 Å². The second-order valence-corrected chi connectivity index (χ2v) is 9.27. The minimum atomic E-state index is -0.943. The van der Waals surface area contributed by atoms with Crippen LogP contribution in [0.5, 0.6) is 0 Å². The second kappa shape index (κ2) is 10.5. The number of aliphatic carboxylic acids is 1. The second-order valence-electron chi connectivity index (χ2n) is 8.10. The van der Waals surface area contributed by atoms with Gasteiger partial charge in [0.2, 0.25) is 0 Å². The third kappa shape index (κ3) is 5.63. The number of aryl methyl sites for hydroxylation is 2. The van der Waals surface area contributed by atoms with Crippen molar-refractivity contribution in [3.8, 4) is 10.4 Å². The fourth-order valence-corrected chi connectivity index (χ4v) is 4.83. The Morgan fingerprint density at radius 1 is 1.21 bits per heavy atom. The number of nitrogens with one attached hydrogen (secondary N) is 3. The van der Waals surface area contributed by atoms with Crippen LogP contribution in [0.1, 0.15) is 28.5 Å². The van der Waals surface area contributed by atoms with Crippen molar-refractivity contribution in [1.29, 1.82) is 0 Å². The number of nitrogens with zero attached hydrogens (tertiary/aromatic N) is 1. The van der Waals surface area contributed by atoms with E-state index in [1.165, 1.54) is 17.0 Å². The van der Waals surface area contributed by atoms with E-state index in [1.807, 2.05) is 31.2 Å². The first-order chi connectivity index (χ1) is 16.4. The third-order valence-electron chi connectivity index (χ3n) is 5.65. The Bertz CT molecular complexity index is 1250. The number of rotatable bonds is 10. The Balaban J connectivity index is 1.43. The Kier molecular flexibility index (Phi) is 7.27. The standard InChI is InChI=1S/C26H27FN4O2S/c1-3-18-14-20(27)12-16(2)24(18)31-22(25(32)33)13-17-4-6-19(7-5-17)23-9-8-21(34-23)15-30-26-28-10-11-29-26/h4-12,14,22,31H,3,13,15H2,1-2H3,(H,32,33)(H2,28,29,30). The molecule has 0 aliphatic rings. The molecule has 6 nitrogen and oxygen atoms in total. The van der Waals surface area contributed by atoms with Gasteiger partial charge in [0.1, 0.15) is 11.9 Å². The van der Waals surface area contributed by atoms with Crippen LogP contribution in [0, 0.1) is 12.7 Å². The van der Waals surface area contributed by atoms with Gasteiger partial charge in [0.25, 0.3) is 0 Å². The van der Waals surface area contributed by atoms with Crippen molar-refractivity contribution < 1.29 is 14.3 Å². The topological polar surface area (TPSA) is 90.0 Å². The lowest BCUT2D eigenvalue weighted by atomic mass is 10.0. The van der Waals surface area contributed by atoms with Gasteiger partial charge < -0.3 is 20.7 Å². The highest BCUT2D eigenvalue weighted by molar-refractivity contribution is 7.15. The van der Waals surface area contributed by atoms with Crippen molar-refractivity contribution in [2.45, 2.75) is 39.3 Å². The van der Waals surface area contributed by atoms with Gasteiger partial charge in [0, 0.05) is 34.3 Å². The molecule has 8 heteroatoms. The monoisotopic (exact) mass is 478 g/mol.